The standard InChI is InChI=1S/C22H26BrFN2O3/c23-18-16-17(24)6-7-20(18)27-13-2-1-8-25-9-11-26(12-10-25)19-4-3-5-21-22(19)29-15-14-28-21/h3-7,16H,1-2,8-15H2. The first kappa shape index (κ1) is 20.3. The van der Waals surface area contributed by atoms with E-state index in [1.54, 1.807) is 6.07 Å². The molecule has 0 bridgehead atoms. The lowest BCUT2D eigenvalue weighted by atomic mass is 10.2. The Bertz CT molecular complexity index is 828. The largest absolute Gasteiger partial charge is 0.492 e. The van der Waals surface area contributed by atoms with Crippen LogP contribution in [0, 0.1) is 5.82 Å². The summed E-state index contributed by atoms with van der Waals surface area (Å²) in [4.78, 5) is 4.89. The molecule has 0 aromatic heterocycles. The number of hydrogen-bond donors (Lipinski definition) is 0. The number of benzene rings is 2. The van der Waals surface area contributed by atoms with E-state index >= 15 is 0 Å². The third-order valence-electron chi connectivity index (χ3n) is 5.28. The average molecular weight is 465 g/mol. The minimum Gasteiger partial charge on any atom is -0.492 e. The third kappa shape index (κ3) is 5.14. The van der Waals surface area contributed by atoms with Crippen molar-refractivity contribution in [3.8, 4) is 17.2 Å². The van der Waals surface area contributed by atoms with Crippen LogP contribution in [0.1, 0.15) is 12.8 Å². The highest BCUT2D eigenvalue weighted by molar-refractivity contribution is 9.10. The summed E-state index contributed by atoms with van der Waals surface area (Å²) in [5.74, 6) is 2.16. The first-order valence-electron chi connectivity index (χ1n) is 10.1. The van der Waals surface area contributed by atoms with E-state index in [2.05, 4.69) is 31.8 Å². The van der Waals surface area contributed by atoms with E-state index in [9.17, 15) is 4.39 Å². The molecule has 1 fully saturated rings. The fourth-order valence-corrected chi connectivity index (χ4v) is 4.20. The maximum absolute atomic E-state index is 13.1. The highest BCUT2D eigenvalue weighted by Gasteiger charge is 2.23. The Labute approximate surface area is 179 Å². The molecule has 5 nitrogen and oxygen atoms in total. The van der Waals surface area contributed by atoms with Gasteiger partial charge in [-0.2, -0.15) is 0 Å². The molecule has 0 unspecified atom stereocenters. The van der Waals surface area contributed by atoms with Crippen LogP contribution in [0.15, 0.2) is 40.9 Å². The van der Waals surface area contributed by atoms with Crippen molar-refractivity contribution in [3.63, 3.8) is 0 Å². The van der Waals surface area contributed by atoms with Gasteiger partial charge < -0.3 is 19.1 Å². The molecule has 7 heteroatoms. The van der Waals surface area contributed by atoms with Crippen LogP contribution < -0.4 is 19.1 Å². The maximum atomic E-state index is 13.1. The van der Waals surface area contributed by atoms with Gasteiger partial charge in [0.1, 0.15) is 24.8 Å². The number of halogens is 2. The van der Waals surface area contributed by atoms with Gasteiger partial charge in [-0.15, -0.1) is 0 Å². The Hall–Kier alpha value is -1.99. The molecule has 2 heterocycles. The number of fused-ring (bicyclic) bond motifs is 1. The average Bonchev–Trinajstić information content (AvgIpc) is 2.75. The molecule has 1 saturated heterocycles. The van der Waals surface area contributed by atoms with Crippen LogP contribution in [0.3, 0.4) is 0 Å². The lowest BCUT2D eigenvalue weighted by Gasteiger charge is -2.37. The zero-order chi connectivity index (χ0) is 20.1. The lowest BCUT2D eigenvalue weighted by Crippen LogP contribution is -2.46. The van der Waals surface area contributed by atoms with Crippen LogP contribution in [0.25, 0.3) is 0 Å². The molecule has 29 heavy (non-hydrogen) atoms. The first-order valence-corrected chi connectivity index (χ1v) is 10.9. The normalized spacial score (nSPS) is 16.7. The predicted octanol–water partition coefficient (Wildman–Crippen LogP) is 4.34. The molecule has 0 atom stereocenters. The summed E-state index contributed by atoms with van der Waals surface area (Å²) in [6, 6.07) is 10.6. The summed E-state index contributed by atoms with van der Waals surface area (Å²) in [7, 11) is 0. The Morgan fingerprint density at radius 3 is 2.66 bits per heavy atom. The number of rotatable bonds is 7. The second kappa shape index (κ2) is 9.67. The predicted molar refractivity (Wildman–Crippen MR) is 115 cm³/mol. The minimum absolute atomic E-state index is 0.265. The molecule has 4 rings (SSSR count). The molecule has 0 aliphatic carbocycles. The van der Waals surface area contributed by atoms with E-state index in [4.69, 9.17) is 14.2 Å². The zero-order valence-corrected chi connectivity index (χ0v) is 18.0. The van der Waals surface area contributed by atoms with Gasteiger partial charge in [0, 0.05) is 26.2 Å². The van der Waals surface area contributed by atoms with Gasteiger partial charge >= 0.3 is 0 Å². The van der Waals surface area contributed by atoms with Crippen molar-refractivity contribution in [2.24, 2.45) is 0 Å². The van der Waals surface area contributed by atoms with Crippen LogP contribution in [0.2, 0.25) is 0 Å². The Kier molecular flexibility index (Phi) is 6.77. The van der Waals surface area contributed by atoms with Crippen molar-refractivity contribution in [2.45, 2.75) is 12.8 Å². The smallest absolute Gasteiger partial charge is 0.184 e. The van der Waals surface area contributed by atoms with E-state index in [-0.39, 0.29) is 5.82 Å². The quantitative estimate of drug-likeness (QED) is 0.569. The van der Waals surface area contributed by atoms with E-state index in [0.29, 0.717) is 30.0 Å². The Balaban J connectivity index is 1.18. The Morgan fingerprint density at radius 2 is 1.83 bits per heavy atom. The van der Waals surface area contributed by atoms with Gasteiger partial charge in [-0.3, -0.25) is 4.90 Å². The molecule has 0 radical (unpaired) electrons. The van der Waals surface area contributed by atoms with Crippen LogP contribution in [-0.4, -0.2) is 57.4 Å². The maximum Gasteiger partial charge on any atom is 0.184 e. The van der Waals surface area contributed by atoms with Gasteiger partial charge in [-0.1, -0.05) is 6.07 Å². The van der Waals surface area contributed by atoms with E-state index < -0.39 is 0 Å². The van der Waals surface area contributed by atoms with Crippen molar-refractivity contribution in [2.75, 3.05) is 57.4 Å². The molecule has 2 aliphatic heterocycles. The van der Waals surface area contributed by atoms with Gasteiger partial charge in [0.25, 0.3) is 0 Å². The summed E-state index contributed by atoms with van der Waals surface area (Å²) >= 11 is 3.33. The Morgan fingerprint density at radius 1 is 1.00 bits per heavy atom. The van der Waals surface area contributed by atoms with Crippen molar-refractivity contribution in [1.82, 2.24) is 4.90 Å². The zero-order valence-electron chi connectivity index (χ0n) is 16.4. The first-order chi connectivity index (χ1) is 14.2. The lowest BCUT2D eigenvalue weighted by molar-refractivity contribution is 0.171. The molecule has 0 saturated carbocycles. The molecule has 156 valence electrons. The molecule has 2 aliphatic rings. The van der Waals surface area contributed by atoms with Crippen LogP contribution >= 0.6 is 15.9 Å². The molecule has 0 N–H and O–H groups in total. The fourth-order valence-electron chi connectivity index (χ4n) is 3.73. The van der Waals surface area contributed by atoms with E-state index in [1.807, 2.05) is 12.1 Å². The number of hydrogen-bond acceptors (Lipinski definition) is 5. The van der Waals surface area contributed by atoms with Crippen molar-refractivity contribution in [3.05, 3.63) is 46.7 Å². The van der Waals surface area contributed by atoms with Gasteiger partial charge in [-0.25, -0.2) is 4.39 Å². The number of piperazine rings is 1. The summed E-state index contributed by atoms with van der Waals surface area (Å²) < 4.78 is 31.1. The second-order valence-corrected chi connectivity index (χ2v) is 8.11. The number of anilines is 1. The highest BCUT2D eigenvalue weighted by Crippen LogP contribution is 2.39. The van der Waals surface area contributed by atoms with Crippen molar-refractivity contribution < 1.29 is 18.6 Å². The molecular formula is C22H26BrFN2O3. The highest BCUT2D eigenvalue weighted by atomic mass is 79.9. The summed E-state index contributed by atoms with van der Waals surface area (Å²) in [5, 5.41) is 0. The SMILES string of the molecule is Fc1ccc(OCCCCN2CCN(c3cccc4c3OCCO4)CC2)c(Br)c1. The molecule has 2 aromatic rings. The number of unbranched alkanes of at least 4 members (excludes halogenated alkanes) is 1. The number of nitrogens with zero attached hydrogens (tertiary/aromatic N) is 2. The molecule has 0 spiro atoms. The third-order valence-corrected chi connectivity index (χ3v) is 5.90. The topological polar surface area (TPSA) is 34.2 Å². The fraction of sp³-hybridized carbons (Fsp3) is 0.455. The summed E-state index contributed by atoms with van der Waals surface area (Å²) in [6.45, 7) is 6.97. The van der Waals surface area contributed by atoms with E-state index in [0.717, 1.165) is 62.8 Å². The molecule has 2 aromatic carbocycles. The minimum atomic E-state index is -0.265. The van der Waals surface area contributed by atoms with Gasteiger partial charge in [0.2, 0.25) is 0 Å². The summed E-state index contributed by atoms with van der Waals surface area (Å²) in [6.07, 6.45) is 2.05. The molecular weight excluding hydrogens is 439 g/mol. The van der Waals surface area contributed by atoms with Crippen molar-refractivity contribution in [1.29, 1.82) is 0 Å². The van der Waals surface area contributed by atoms with Crippen molar-refractivity contribution >= 4 is 21.6 Å². The van der Waals surface area contributed by atoms with Crippen LogP contribution in [-0.2, 0) is 0 Å². The molecule has 0 amide bonds. The van der Waals surface area contributed by atoms with Gasteiger partial charge in [-0.05, 0) is 65.6 Å². The van der Waals surface area contributed by atoms with Gasteiger partial charge in [0.15, 0.2) is 11.5 Å². The van der Waals surface area contributed by atoms with E-state index in [1.165, 1.54) is 12.1 Å². The monoisotopic (exact) mass is 464 g/mol. The second-order valence-electron chi connectivity index (χ2n) is 7.26. The van der Waals surface area contributed by atoms with Crippen LogP contribution in [0.5, 0.6) is 17.2 Å². The number of para-hydroxylation sites is 1. The summed E-state index contributed by atoms with van der Waals surface area (Å²) in [5.41, 5.74) is 1.14. The van der Waals surface area contributed by atoms with Gasteiger partial charge in [0.05, 0.1) is 16.8 Å². The number of ether oxygens (including phenoxy) is 3. The van der Waals surface area contributed by atoms with Crippen LogP contribution in [0.4, 0.5) is 10.1 Å².